The van der Waals surface area contributed by atoms with Crippen molar-refractivity contribution in [3.8, 4) is 0 Å². The summed E-state index contributed by atoms with van der Waals surface area (Å²) < 4.78 is 0. The van der Waals surface area contributed by atoms with E-state index in [-0.39, 0.29) is 6.10 Å². The number of hydrogen-bond donors (Lipinski definition) is 1. The summed E-state index contributed by atoms with van der Waals surface area (Å²) in [5.41, 5.74) is 1.38. The molecule has 1 aliphatic rings. The molecule has 0 heterocycles. The lowest BCUT2D eigenvalue weighted by molar-refractivity contribution is 0.148. The molecule has 3 heteroatoms. The van der Waals surface area contributed by atoms with Gasteiger partial charge in [0.15, 0.2) is 0 Å². The molecule has 0 aliphatic heterocycles. The molecule has 0 saturated heterocycles. The zero-order valence-electron chi connectivity index (χ0n) is 13.6. The van der Waals surface area contributed by atoms with Gasteiger partial charge in [0.05, 0.1) is 6.10 Å². The zero-order valence-corrected chi connectivity index (χ0v) is 14.4. The van der Waals surface area contributed by atoms with E-state index in [1.54, 1.807) is 0 Å². The molecule has 21 heavy (non-hydrogen) atoms. The minimum Gasteiger partial charge on any atom is -0.392 e. The molecule has 0 aromatic heterocycles. The summed E-state index contributed by atoms with van der Waals surface area (Å²) in [6.45, 7) is 2.24. The van der Waals surface area contributed by atoms with Crippen LogP contribution in [-0.4, -0.2) is 35.5 Å². The summed E-state index contributed by atoms with van der Waals surface area (Å²) in [5, 5.41) is 10.8. The quantitative estimate of drug-likeness (QED) is 0.887. The van der Waals surface area contributed by atoms with E-state index in [4.69, 9.17) is 0 Å². The van der Waals surface area contributed by atoms with Gasteiger partial charge in [-0.25, -0.2) is 0 Å². The van der Waals surface area contributed by atoms with Crippen molar-refractivity contribution in [2.24, 2.45) is 0 Å². The van der Waals surface area contributed by atoms with Crippen LogP contribution >= 0.6 is 11.8 Å². The van der Waals surface area contributed by atoms with E-state index in [2.05, 4.69) is 50.2 Å². The third-order valence-corrected chi connectivity index (χ3v) is 6.07. The second-order valence-electron chi connectivity index (χ2n) is 6.39. The van der Waals surface area contributed by atoms with E-state index in [9.17, 15) is 5.11 Å². The largest absolute Gasteiger partial charge is 0.392 e. The van der Waals surface area contributed by atoms with Gasteiger partial charge < -0.3 is 10.0 Å². The number of aliphatic hydroxyl groups is 1. The SMILES string of the molecule is C[C@@H](c1ccccc1S[C@H]1CCCCCC[C@@H]1O)N(C)C. The Hall–Kier alpha value is -0.510. The van der Waals surface area contributed by atoms with E-state index in [1.807, 2.05) is 11.8 Å². The van der Waals surface area contributed by atoms with Crippen molar-refractivity contribution in [2.75, 3.05) is 14.1 Å². The van der Waals surface area contributed by atoms with Crippen LogP contribution in [0.3, 0.4) is 0 Å². The third-order valence-electron chi connectivity index (χ3n) is 4.59. The molecule has 1 aliphatic carbocycles. The predicted octanol–water partition coefficient (Wildman–Crippen LogP) is 4.49. The Kier molecular flexibility index (Phi) is 6.59. The van der Waals surface area contributed by atoms with E-state index in [0.29, 0.717) is 11.3 Å². The standard InChI is InChI=1S/C18H29NOS/c1-14(19(2)3)15-10-8-9-12-17(15)21-18-13-7-5-4-6-11-16(18)20/h8-10,12,14,16,18,20H,4-7,11,13H2,1-3H3/t14-,16-,18-/m0/s1. The molecule has 2 rings (SSSR count). The smallest absolute Gasteiger partial charge is 0.0662 e. The first-order valence-electron chi connectivity index (χ1n) is 8.19. The Morgan fingerprint density at radius 2 is 1.76 bits per heavy atom. The lowest BCUT2D eigenvalue weighted by Crippen LogP contribution is -2.25. The van der Waals surface area contributed by atoms with E-state index in [0.717, 1.165) is 12.8 Å². The zero-order chi connectivity index (χ0) is 15.2. The lowest BCUT2D eigenvalue weighted by atomic mass is 9.98. The molecule has 1 aromatic carbocycles. The Bertz CT molecular complexity index is 435. The molecule has 118 valence electrons. The van der Waals surface area contributed by atoms with Crippen LogP contribution in [0.15, 0.2) is 29.2 Å². The van der Waals surface area contributed by atoms with Gasteiger partial charge in [-0.15, -0.1) is 11.8 Å². The van der Waals surface area contributed by atoms with Crippen molar-refractivity contribution in [1.29, 1.82) is 0 Å². The molecule has 3 atom stereocenters. The summed E-state index contributed by atoms with van der Waals surface area (Å²) >= 11 is 1.89. The van der Waals surface area contributed by atoms with Gasteiger partial charge in [-0.2, -0.15) is 0 Å². The second-order valence-corrected chi connectivity index (χ2v) is 7.67. The molecule has 1 N–H and O–H groups in total. The normalized spacial score (nSPS) is 25.4. The number of nitrogens with zero attached hydrogens (tertiary/aromatic N) is 1. The van der Waals surface area contributed by atoms with Gasteiger partial charge in [0.25, 0.3) is 0 Å². The highest BCUT2D eigenvalue weighted by Crippen LogP contribution is 2.37. The fourth-order valence-electron chi connectivity index (χ4n) is 2.94. The highest BCUT2D eigenvalue weighted by atomic mass is 32.2. The van der Waals surface area contributed by atoms with Crippen molar-refractivity contribution in [3.05, 3.63) is 29.8 Å². The van der Waals surface area contributed by atoms with E-state index in [1.165, 1.54) is 36.1 Å². The molecular formula is C18H29NOS. The number of rotatable bonds is 4. The second kappa shape index (κ2) is 8.21. The van der Waals surface area contributed by atoms with Crippen LogP contribution in [0.1, 0.15) is 57.1 Å². The maximum atomic E-state index is 10.4. The van der Waals surface area contributed by atoms with Crippen molar-refractivity contribution in [1.82, 2.24) is 4.90 Å². The molecular weight excluding hydrogens is 278 g/mol. The summed E-state index contributed by atoms with van der Waals surface area (Å²) in [6, 6.07) is 9.07. The van der Waals surface area contributed by atoms with Crippen LogP contribution in [0.25, 0.3) is 0 Å². The minimum atomic E-state index is -0.155. The molecule has 0 bridgehead atoms. The van der Waals surface area contributed by atoms with Gasteiger partial charge >= 0.3 is 0 Å². The summed E-state index contributed by atoms with van der Waals surface area (Å²) in [7, 11) is 4.24. The van der Waals surface area contributed by atoms with Crippen molar-refractivity contribution < 1.29 is 5.11 Å². The topological polar surface area (TPSA) is 23.5 Å². The summed E-state index contributed by atoms with van der Waals surface area (Å²) in [5.74, 6) is 0. The average molecular weight is 308 g/mol. The Balaban J connectivity index is 2.14. The average Bonchev–Trinajstić information content (AvgIpc) is 2.46. The van der Waals surface area contributed by atoms with E-state index < -0.39 is 0 Å². The van der Waals surface area contributed by atoms with Crippen molar-refractivity contribution in [3.63, 3.8) is 0 Å². The van der Waals surface area contributed by atoms with Crippen LogP contribution in [-0.2, 0) is 0 Å². The Morgan fingerprint density at radius 1 is 1.10 bits per heavy atom. The van der Waals surface area contributed by atoms with Gasteiger partial charge in [0, 0.05) is 16.2 Å². The molecule has 0 radical (unpaired) electrons. The molecule has 1 fully saturated rings. The third kappa shape index (κ3) is 4.73. The van der Waals surface area contributed by atoms with Gasteiger partial charge in [-0.1, -0.05) is 43.9 Å². The lowest BCUT2D eigenvalue weighted by Gasteiger charge is -2.28. The van der Waals surface area contributed by atoms with Crippen LogP contribution in [0.5, 0.6) is 0 Å². The maximum Gasteiger partial charge on any atom is 0.0662 e. The highest BCUT2D eigenvalue weighted by Gasteiger charge is 2.23. The predicted molar refractivity (Wildman–Crippen MR) is 91.9 cm³/mol. The minimum absolute atomic E-state index is 0.155. The fourth-order valence-corrected chi connectivity index (χ4v) is 4.38. The highest BCUT2D eigenvalue weighted by molar-refractivity contribution is 8.00. The van der Waals surface area contributed by atoms with Crippen LogP contribution in [0.4, 0.5) is 0 Å². The van der Waals surface area contributed by atoms with Crippen molar-refractivity contribution >= 4 is 11.8 Å². The molecule has 1 aromatic rings. The molecule has 1 saturated carbocycles. The van der Waals surface area contributed by atoms with Gasteiger partial charge in [0.1, 0.15) is 0 Å². The van der Waals surface area contributed by atoms with Gasteiger partial charge in [-0.05, 0) is 45.5 Å². The number of hydrogen-bond acceptors (Lipinski definition) is 3. The first kappa shape index (κ1) is 16.9. The summed E-state index contributed by atoms with van der Waals surface area (Å²) in [6.07, 6.45) is 6.97. The summed E-state index contributed by atoms with van der Waals surface area (Å²) in [4.78, 5) is 3.58. The van der Waals surface area contributed by atoms with Gasteiger partial charge in [-0.3, -0.25) is 0 Å². The monoisotopic (exact) mass is 307 g/mol. The number of thioether (sulfide) groups is 1. The molecule has 0 amide bonds. The van der Waals surface area contributed by atoms with Crippen LogP contribution in [0.2, 0.25) is 0 Å². The number of benzene rings is 1. The van der Waals surface area contributed by atoms with Crippen LogP contribution in [0, 0.1) is 0 Å². The Labute approximate surface area is 133 Å². The first-order chi connectivity index (χ1) is 10.1. The van der Waals surface area contributed by atoms with Crippen molar-refractivity contribution in [2.45, 2.75) is 67.7 Å². The fraction of sp³-hybridized carbons (Fsp3) is 0.667. The van der Waals surface area contributed by atoms with Gasteiger partial charge in [0.2, 0.25) is 0 Å². The Morgan fingerprint density at radius 3 is 2.48 bits per heavy atom. The maximum absolute atomic E-state index is 10.4. The van der Waals surface area contributed by atoms with E-state index >= 15 is 0 Å². The number of aliphatic hydroxyl groups excluding tert-OH is 1. The molecule has 0 spiro atoms. The molecule has 0 unspecified atom stereocenters. The first-order valence-corrected chi connectivity index (χ1v) is 9.07. The van der Waals surface area contributed by atoms with Crippen LogP contribution < -0.4 is 0 Å². The molecule has 2 nitrogen and oxygen atoms in total.